The van der Waals surface area contributed by atoms with Gasteiger partial charge in [0.05, 0.1) is 11.1 Å². The fourth-order valence-corrected chi connectivity index (χ4v) is 5.47. The monoisotopic (exact) mass is 298 g/mol. The zero-order chi connectivity index (χ0) is 15.3. The maximum absolute atomic E-state index is 12.7. The van der Waals surface area contributed by atoms with Crippen molar-refractivity contribution in [3.8, 4) is 0 Å². The Morgan fingerprint density at radius 3 is 1.95 bits per heavy atom. The quantitative estimate of drug-likeness (QED) is 0.900. The second-order valence-electron chi connectivity index (χ2n) is 7.56. The molecule has 0 radical (unpaired) electrons. The molecule has 0 atom stereocenters. The van der Waals surface area contributed by atoms with Crippen molar-refractivity contribution >= 4 is 11.8 Å². The Morgan fingerprint density at radius 1 is 0.955 bits per heavy atom. The number of rotatable bonds is 3. The van der Waals surface area contributed by atoms with Gasteiger partial charge in [-0.15, -0.1) is 0 Å². The molecule has 0 aliphatic heterocycles. The molecule has 4 bridgehead atoms. The van der Waals surface area contributed by atoms with E-state index in [1.54, 1.807) is 24.3 Å². The van der Waals surface area contributed by atoms with E-state index in [9.17, 15) is 9.59 Å². The minimum absolute atomic E-state index is 0.0450. The van der Waals surface area contributed by atoms with E-state index in [1.807, 2.05) is 0 Å². The van der Waals surface area contributed by atoms with Crippen molar-refractivity contribution in [3.63, 3.8) is 0 Å². The Labute approximate surface area is 130 Å². The number of carbonyl (C=O) groups excluding carboxylic acids is 2. The molecule has 4 nitrogen and oxygen atoms in total. The van der Waals surface area contributed by atoms with E-state index < -0.39 is 5.91 Å². The molecule has 0 spiro atoms. The Morgan fingerprint density at radius 2 is 1.45 bits per heavy atom. The predicted molar refractivity (Wildman–Crippen MR) is 83.3 cm³/mol. The summed E-state index contributed by atoms with van der Waals surface area (Å²) in [6, 6.07) is 6.83. The highest BCUT2D eigenvalue weighted by Crippen LogP contribution is 2.55. The number of nitrogens with one attached hydrogen (secondary N) is 1. The Balaban J connectivity index is 1.59. The molecule has 3 N–H and O–H groups in total. The van der Waals surface area contributed by atoms with Gasteiger partial charge in [-0.05, 0) is 68.4 Å². The third-order valence-electron chi connectivity index (χ3n) is 5.85. The lowest BCUT2D eigenvalue weighted by molar-refractivity contribution is -0.0167. The second-order valence-corrected chi connectivity index (χ2v) is 7.56. The molecule has 4 aliphatic carbocycles. The van der Waals surface area contributed by atoms with Crippen molar-refractivity contribution in [2.75, 3.05) is 0 Å². The third-order valence-corrected chi connectivity index (χ3v) is 5.85. The SMILES string of the molecule is NC(=O)c1ccccc1C(=O)NC12CC3CC(CC(C3)C1)C2. The van der Waals surface area contributed by atoms with Crippen LogP contribution in [0.5, 0.6) is 0 Å². The van der Waals surface area contributed by atoms with Crippen LogP contribution in [-0.2, 0) is 0 Å². The van der Waals surface area contributed by atoms with E-state index in [-0.39, 0.29) is 11.4 Å². The highest BCUT2D eigenvalue weighted by molar-refractivity contribution is 6.06. The summed E-state index contributed by atoms with van der Waals surface area (Å²) in [6.45, 7) is 0. The minimum Gasteiger partial charge on any atom is -0.366 e. The first-order valence-corrected chi connectivity index (χ1v) is 8.26. The Hall–Kier alpha value is -1.84. The number of amides is 2. The molecule has 4 heteroatoms. The van der Waals surface area contributed by atoms with Crippen molar-refractivity contribution in [1.29, 1.82) is 0 Å². The molecular formula is C18H22N2O2. The summed E-state index contributed by atoms with van der Waals surface area (Å²) in [5.74, 6) is 1.64. The van der Waals surface area contributed by atoms with Crippen LogP contribution in [0.2, 0.25) is 0 Å². The lowest BCUT2D eigenvalue weighted by Gasteiger charge is -2.56. The van der Waals surface area contributed by atoms with E-state index in [1.165, 1.54) is 19.3 Å². The summed E-state index contributed by atoms with van der Waals surface area (Å²) >= 11 is 0. The molecule has 0 heterocycles. The number of nitrogens with two attached hydrogens (primary N) is 1. The first kappa shape index (κ1) is 13.8. The van der Waals surface area contributed by atoms with Gasteiger partial charge >= 0.3 is 0 Å². The highest BCUT2D eigenvalue weighted by atomic mass is 16.2. The van der Waals surface area contributed by atoms with E-state index in [2.05, 4.69) is 5.32 Å². The van der Waals surface area contributed by atoms with Crippen LogP contribution in [0.3, 0.4) is 0 Å². The molecule has 22 heavy (non-hydrogen) atoms. The summed E-state index contributed by atoms with van der Waals surface area (Å²) in [6.07, 6.45) is 7.32. The normalized spacial score (nSPS) is 35.4. The summed E-state index contributed by atoms with van der Waals surface area (Å²) in [5, 5.41) is 3.29. The van der Waals surface area contributed by atoms with Gasteiger partial charge in [-0.1, -0.05) is 12.1 Å². The van der Waals surface area contributed by atoms with E-state index in [0.29, 0.717) is 11.1 Å². The summed E-state index contributed by atoms with van der Waals surface area (Å²) in [5.41, 5.74) is 6.07. The average molecular weight is 298 g/mol. The smallest absolute Gasteiger partial charge is 0.252 e. The van der Waals surface area contributed by atoms with Crippen molar-refractivity contribution in [2.24, 2.45) is 23.5 Å². The molecule has 116 valence electrons. The zero-order valence-corrected chi connectivity index (χ0v) is 12.7. The highest BCUT2D eigenvalue weighted by Gasteiger charge is 2.51. The zero-order valence-electron chi connectivity index (χ0n) is 12.7. The van der Waals surface area contributed by atoms with E-state index in [4.69, 9.17) is 5.73 Å². The number of carbonyl (C=O) groups is 2. The van der Waals surface area contributed by atoms with Gasteiger partial charge in [-0.25, -0.2) is 0 Å². The lowest BCUT2D eigenvalue weighted by Crippen LogP contribution is -2.59. The Bertz CT molecular complexity index is 602. The van der Waals surface area contributed by atoms with E-state index in [0.717, 1.165) is 37.0 Å². The van der Waals surface area contributed by atoms with Crippen LogP contribution in [0, 0.1) is 17.8 Å². The largest absolute Gasteiger partial charge is 0.366 e. The van der Waals surface area contributed by atoms with Crippen LogP contribution in [0.15, 0.2) is 24.3 Å². The molecule has 4 aliphatic rings. The van der Waals surface area contributed by atoms with Gasteiger partial charge < -0.3 is 11.1 Å². The first-order valence-electron chi connectivity index (χ1n) is 8.26. The maximum atomic E-state index is 12.7. The molecule has 0 saturated heterocycles. The van der Waals surface area contributed by atoms with Gasteiger partial charge in [0.1, 0.15) is 0 Å². The van der Waals surface area contributed by atoms with Crippen LogP contribution in [0.4, 0.5) is 0 Å². The third kappa shape index (κ3) is 2.21. The predicted octanol–water partition coefficient (Wildman–Crippen LogP) is 2.48. The Kier molecular flexibility index (Phi) is 3.03. The van der Waals surface area contributed by atoms with Crippen LogP contribution in [-0.4, -0.2) is 17.4 Å². The molecule has 1 aromatic rings. The number of benzene rings is 1. The molecule has 0 unspecified atom stereocenters. The number of hydrogen-bond donors (Lipinski definition) is 2. The standard InChI is InChI=1S/C18H22N2O2/c19-16(21)14-3-1-2-4-15(14)17(22)20-18-8-11-5-12(9-18)7-13(6-11)10-18/h1-4,11-13H,5-10H2,(H2,19,21)(H,20,22). The van der Waals surface area contributed by atoms with Crippen molar-refractivity contribution in [3.05, 3.63) is 35.4 Å². The van der Waals surface area contributed by atoms with Gasteiger partial charge in [0.25, 0.3) is 5.91 Å². The van der Waals surface area contributed by atoms with Gasteiger partial charge in [0.15, 0.2) is 0 Å². The van der Waals surface area contributed by atoms with Crippen molar-refractivity contribution < 1.29 is 9.59 Å². The number of primary amides is 1. The van der Waals surface area contributed by atoms with Crippen molar-refractivity contribution in [1.82, 2.24) is 5.32 Å². The molecule has 4 fully saturated rings. The van der Waals surface area contributed by atoms with Gasteiger partial charge in [0, 0.05) is 5.54 Å². The molecule has 1 aromatic carbocycles. The first-order chi connectivity index (χ1) is 10.5. The minimum atomic E-state index is -0.545. The molecular weight excluding hydrogens is 276 g/mol. The average Bonchev–Trinajstić information content (AvgIpc) is 2.45. The van der Waals surface area contributed by atoms with Gasteiger partial charge in [-0.3, -0.25) is 9.59 Å². The van der Waals surface area contributed by atoms with Gasteiger partial charge in [-0.2, -0.15) is 0 Å². The molecule has 5 rings (SSSR count). The number of hydrogen-bond acceptors (Lipinski definition) is 2. The van der Waals surface area contributed by atoms with Gasteiger partial charge in [0.2, 0.25) is 5.91 Å². The second kappa shape index (κ2) is 4.83. The summed E-state index contributed by atoms with van der Waals surface area (Å²) in [4.78, 5) is 24.3. The fourth-order valence-electron chi connectivity index (χ4n) is 5.47. The molecule has 0 aromatic heterocycles. The van der Waals surface area contributed by atoms with Crippen LogP contribution >= 0.6 is 0 Å². The molecule has 2 amide bonds. The molecule has 4 saturated carbocycles. The lowest BCUT2D eigenvalue weighted by atomic mass is 9.53. The maximum Gasteiger partial charge on any atom is 0.252 e. The summed E-state index contributed by atoms with van der Waals surface area (Å²) < 4.78 is 0. The summed E-state index contributed by atoms with van der Waals surface area (Å²) in [7, 11) is 0. The fraction of sp³-hybridized carbons (Fsp3) is 0.556. The van der Waals surface area contributed by atoms with E-state index >= 15 is 0 Å². The van der Waals surface area contributed by atoms with Crippen LogP contribution in [0.25, 0.3) is 0 Å². The van der Waals surface area contributed by atoms with Crippen LogP contribution < -0.4 is 11.1 Å². The van der Waals surface area contributed by atoms with Crippen LogP contribution in [0.1, 0.15) is 59.2 Å². The van der Waals surface area contributed by atoms with Crippen molar-refractivity contribution in [2.45, 2.75) is 44.1 Å². The topological polar surface area (TPSA) is 72.2 Å².